The fourth-order valence-corrected chi connectivity index (χ4v) is 2.46. The molecule has 18 heavy (non-hydrogen) atoms. The summed E-state index contributed by atoms with van der Waals surface area (Å²) in [5, 5.41) is 3.23. The zero-order chi connectivity index (χ0) is 12.8. The van der Waals surface area contributed by atoms with Gasteiger partial charge in [-0.2, -0.15) is 4.91 Å². The third-order valence-electron chi connectivity index (χ3n) is 3.45. The van der Waals surface area contributed by atoms with Gasteiger partial charge < -0.3 is 0 Å². The maximum atomic E-state index is 10.8. The van der Waals surface area contributed by atoms with E-state index < -0.39 is 0 Å². The van der Waals surface area contributed by atoms with Gasteiger partial charge in [-0.3, -0.25) is 4.90 Å². The van der Waals surface area contributed by atoms with Crippen LogP contribution in [0.4, 0.5) is 0 Å². The minimum absolute atomic E-state index is 0.136. The van der Waals surface area contributed by atoms with Crippen molar-refractivity contribution in [2.45, 2.75) is 32.4 Å². The summed E-state index contributed by atoms with van der Waals surface area (Å²) in [7, 11) is 0. The van der Waals surface area contributed by atoms with Gasteiger partial charge in [0.05, 0.1) is 0 Å². The quantitative estimate of drug-likeness (QED) is 0.587. The highest BCUT2D eigenvalue weighted by atomic mass is 16.3. The normalized spacial score (nSPS) is 18.2. The Morgan fingerprint density at radius 3 is 2.78 bits per heavy atom. The Morgan fingerprint density at radius 2 is 2.11 bits per heavy atom. The molecule has 1 heterocycles. The molecule has 1 unspecified atom stereocenters. The van der Waals surface area contributed by atoms with Crippen LogP contribution in [-0.2, 0) is 6.54 Å². The predicted octanol–water partition coefficient (Wildman–Crippen LogP) is 3.36. The number of benzene rings is 1. The molecule has 1 atom stereocenters. The van der Waals surface area contributed by atoms with Gasteiger partial charge in [0.2, 0.25) is 0 Å². The Bertz CT molecular complexity index is 414. The molecule has 1 aromatic carbocycles. The van der Waals surface area contributed by atoms with E-state index in [4.69, 9.17) is 0 Å². The molecule has 0 bridgehead atoms. The van der Waals surface area contributed by atoms with Crippen LogP contribution in [0.1, 0.15) is 25.3 Å². The third kappa shape index (κ3) is 3.26. The molecule has 0 amide bonds. The maximum absolute atomic E-state index is 10.8. The fourth-order valence-electron chi connectivity index (χ4n) is 2.46. The lowest BCUT2D eigenvalue weighted by atomic mass is 10.00. The second-order valence-electron chi connectivity index (χ2n) is 4.79. The maximum Gasteiger partial charge on any atom is 0.114 e. The molecule has 3 nitrogen and oxygen atoms in total. The van der Waals surface area contributed by atoms with Crippen LogP contribution < -0.4 is 0 Å². The molecule has 0 N–H and O–H groups in total. The van der Waals surface area contributed by atoms with Crippen molar-refractivity contribution in [2.75, 3.05) is 13.1 Å². The Morgan fingerprint density at radius 1 is 1.33 bits per heavy atom. The monoisotopic (exact) mass is 244 g/mol. The summed E-state index contributed by atoms with van der Waals surface area (Å²) in [4.78, 5) is 13.2. The average Bonchev–Trinajstić information content (AvgIpc) is 2.42. The van der Waals surface area contributed by atoms with Gasteiger partial charge in [0.25, 0.3) is 0 Å². The number of nitroso groups, excluding NO2 is 1. The van der Waals surface area contributed by atoms with Crippen molar-refractivity contribution in [2.24, 2.45) is 5.18 Å². The van der Waals surface area contributed by atoms with Gasteiger partial charge in [-0.1, -0.05) is 48.5 Å². The van der Waals surface area contributed by atoms with Gasteiger partial charge in [-0.05, 0) is 24.0 Å². The minimum atomic E-state index is -0.136. The van der Waals surface area contributed by atoms with E-state index in [-0.39, 0.29) is 6.04 Å². The number of nitrogens with zero attached hydrogens (tertiary/aromatic N) is 2. The van der Waals surface area contributed by atoms with Crippen LogP contribution in [0.5, 0.6) is 0 Å². The van der Waals surface area contributed by atoms with Crippen LogP contribution in [0, 0.1) is 4.91 Å². The summed E-state index contributed by atoms with van der Waals surface area (Å²) in [6.45, 7) is 4.91. The molecule has 0 aromatic heterocycles. The first-order valence-electron chi connectivity index (χ1n) is 6.61. The average molecular weight is 244 g/mol. The largest absolute Gasteiger partial charge is 0.295 e. The summed E-state index contributed by atoms with van der Waals surface area (Å²) < 4.78 is 0. The van der Waals surface area contributed by atoms with Crippen LogP contribution in [0.25, 0.3) is 0 Å². The topological polar surface area (TPSA) is 32.7 Å². The summed E-state index contributed by atoms with van der Waals surface area (Å²) in [6, 6.07) is 10.3. The Labute approximate surface area is 108 Å². The van der Waals surface area contributed by atoms with Crippen molar-refractivity contribution in [3.05, 3.63) is 52.5 Å². The molecule has 0 radical (unpaired) electrons. The van der Waals surface area contributed by atoms with E-state index in [1.807, 2.05) is 13.0 Å². The zero-order valence-electron chi connectivity index (χ0n) is 10.9. The van der Waals surface area contributed by atoms with Crippen molar-refractivity contribution in [1.82, 2.24) is 4.90 Å². The van der Waals surface area contributed by atoms with Crippen LogP contribution in [0.15, 0.2) is 47.2 Å². The molecular formula is C15H20N2O. The van der Waals surface area contributed by atoms with Crippen molar-refractivity contribution in [1.29, 1.82) is 0 Å². The van der Waals surface area contributed by atoms with E-state index in [2.05, 4.69) is 40.4 Å². The molecular weight excluding hydrogens is 224 g/mol. The highest BCUT2D eigenvalue weighted by Gasteiger charge is 2.19. The van der Waals surface area contributed by atoms with Gasteiger partial charge >= 0.3 is 0 Å². The molecule has 0 fully saturated rings. The van der Waals surface area contributed by atoms with Gasteiger partial charge in [0, 0.05) is 19.6 Å². The van der Waals surface area contributed by atoms with Gasteiger partial charge in [-0.25, -0.2) is 0 Å². The second-order valence-corrected chi connectivity index (χ2v) is 4.79. The minimum Gasteiger partial charge on any atom is -0.295 e. The molecule has 0 saturated heterocycles. The van der Waals surface area contributed by atoms with Crippen molar-refractivity contribution in [3.8, 4) is 0 Å². The van der Waals surface area contributed by atoms with Crippen molar-refractivity contribution < 1.29 is 0 Å². The van der Waals surface area contributed by atoms with E-state index in [1.165, 1.54) is 11.1 Å². The first-order chi connectivity index (χ1) is 8.83. The van der Waals surface area contributed by atoms with Crippen molar-refractivity contribution in [3.63, 3.8) is 0 Å². The van der Waals surface area contributed by atoms with Gasteiger partial charge in [0.15, 0.2) is 0 Å². The number of rotatable bonds is 5. The SMILES string of the molecule is CCC(N=O)C1=CCCN(Cc2ccccc2)C1. The number of hydrogen-bond donors (Lipinski definition) is 0. The van der Waals surface area contributed by atoms with E-state index in [0.29, 0.717) is 0 Å². The summed E-state index contributed by atoms with van der Waals surface area (Å²) in [5.74, 6) is 0. The molecule has 1 aromatic rings. The van der Waals surface area contributed by atoms with Crippen LogP contribution in [0.3, 0.4) is 0 Å². The molecule has 1 aliphatic rings. The van der Waals surface area contributed by atoms with E-state index in [9.17, 15) is 4.91 Å². The second kappa shape index (κ2) is 6.45. The highest BCUT2D eigenvalue weighted by molar-refractivity contribution is 5.18. The van der Waals surface area contributed by atoms with Gasteiger partial charge in [-0.15, -0.1) is 0 Å². The van der Waals surface area contributed by atoms with E-state index >= 15 is 0 Å². The highest BCUT2D eigenvalue weighted by Crippen LogP contribution is 2.19. The van der Waals surface area contributed by atoms with E-state index in [1.54, 1.807) is 0 Å². The Balaban J connectivity index is 1.97. The summed E-state index contributed by atoms with van der Waals surface area (Å²) >= 11 is 0. The summed E-state index contributed by atoms with van der Waals surface area (Å²) in [6.07, 6.45) is 4.01. The lowest BCUT2D eigenvalue weighted by molar-refractivity contribution is 0.275. The Hall–Kier alpha value is -1.48. The van der Waals surface area contributed by atoms with Crippen molar-refractivity contribution >= 4 is 0 Å². The summed E-state index contributed by atoms with van der Waals surface area (Å²) in [5.41, 5.74) is 2.51. The van der Waals surface area contributed by atoms with Crippen LogP contribution in [0.2, 0.25) is 0 Å². The molecule has 96 valence electrons. The number of hydrogen-bond acceptors (Lipinski definition) is 3. The lowest BCUT2D eigenvalue weighted by Crippen LogP contribution is -2.32. The fraction of sp³-hybridized carbons (Fsp3) is 0.467. The smallest absolute Gasteiger partial charge is 0.114 e. The molecule has 0 aliphatic carbocycles. The first kappa shape index (κ1) is 13.0. The lowest BCUT2D eigenvalue weighted by Gasteiger charge is -2.28. The molecule has 3 heteroatoms. The molecule has 0 spiro atoms. The first-order valence-corrected chi connectivity index (χ1v) is 6.61. The van der Waals surface area contributed by atoms with E-state index in [0.717, 1.165) is 32.5 Å². The molecule has 1 aliphatic heterocycles. The van der Waals surface area contributed by atoms with Crippen LogP contribution in [-0.4, -0.2) is 24.0 Å². The molecule has 0 saturated carbocycles. The standard InChI is InChI=1S/C15H20N2O/c1-2-15(16-18)14-9-6-10-17(12-14)11-13-7-4-3-5-8-13/h3-5,7-9,15H,2,6,10-12H2,1H3. The van der Waals surface area contributed by atoms with Gasteiger partial charge in [0.1, 0.15) is 6.04 Å². The van der Waals surface area contributed by atoms with Crippen LogP contribution >= 0.6 is 0 Å². The third-order valence-corrected chi connectivity index (χ3v) is 3.45. The molecule has 2 rings (SSSR count). The predicted molar refractivity (Wildman–Crippen MR) is 74.3 cm³/mol. The zero-order valence-corrected chi connectivity index (χ0v) is 10.9. The Kier molecular flexibility index (Phi) is 4.65.